The van der Waals surface area contributed by atoms with E-state index in [1.54, 1.807) is 11.3 Å². The van der Waals surface area contributed by atoms with E-state index in [1.165, 1.54) is 11.3 Å². The minimum atomic E-state index is 0.136. The average Bonchev–Trinajstić information content (AvgIpc) is 3.19. The zero-order valence-electron chi connectivity index (χ0n) is 13.9. The van der Waals surface area contributed by atoms with Crippen molar-refractivity contribution in [2.45, 2.75) is 51.2 Å². The summed E-state index contributed by atoms with van der Waals surface area (Å²) in [6.07, 6.45) is 6.28. The third-order valence-electron chi connectivity index (χ3n) is 4.99. The number of hydrogen-bond donors (Lipinski definition) is 0. The Morgan fingerprint density at radius 1 is 1.38 bits per heavy atom. The number of nitrogens with zero attached hydrogens (tertiary/aromatic N) is 3. The number of ether oxygens (including phenoxy) is 2. The normalized spacial score (nSPS) is 27.3. The molecule has 4 rings (SSSR count). The van der Waals surface area contributed by atoms with Gasteiger partial charge in [0.2, 0.25) is 0 Å². The topological polar surface area (TPSA) is 47.5 Å². The van der Waals surface area contributed by atoms with Crippen LogP contribution in [0, 0.1) is 6.92 Å². The van der Waals surface area contributed by atoms with Crippen molar-refractivity contribution in [3.05, 3.63) is 46.2 Å². The Morgan fingerprint density at radius 2 is 2.25 bits per heavy atom. The summed E-state index contributed by atoms with van der Waals surface area (Å²) in [5, 5.41) is 0. The van der Waals surface area contributed by atoms with Crippen molar-refractivity contribution in [3.8, 4) is 0 Å². The van der Waals surface area contributed by atoms with E-state index in [1.807, 2.05) is 30.0 Å². The number of aryl methyl sites for hydroxylation is 1. The molecule has 2 aliphatic heterocycles. The third kappa shape index (κ3) is 3.37. The zero-order valence-corrected chi connectivity index (χ0v) is 14.7. The highest BCUT2D eigenvalue weighted by Crippen LogP contribution is 2.33. The summed E-state index contributed by atoms with van der Waals surface area (Å²) in [6.45, 7) is 5.44. The molecule has 0 radical (unpaired) electrons. The molecule has 0 spiro atoms. The highest BCUT2D eigenvalue weighted by molar-refractivity contribution is 7.09. The Balaban J connectivity index is 1.44. The van der Waals surface area contributed by atoms with Crippen molar-refractivity contribution in [1.29, 1.82) is 0 Å². The Morgan fingerprint density at radius 3 is 3.04 bits per heavy atom. The molecule has 2 saturated heterocycles. The first-order valence-corrected chi connectivity index (χ1v) is 9.44. The van der Waals surface area contributed by atoms with Gasteiger partial charge in [0.05, 0.1) is 23.9 Å². The molecule has 2 fully saturated rings. The Bertz CT molecular complexity index is 663. The molecule has 128 valence electrons. The predicted octanol–water partition coefficient (Wildman–Crippen LogP) is 2.80. The number of aromatic nitrogens is 2. The van der Waals surface area contributed by atoms with E-state index in [4.69, 9.17) is 9.47 Å². The molecule has 2 aromatic heterocycles. The lowest BCUT2D eigenvalue weighted by molar-refractivity contribution is -0.0819. The first-order valence-electron chi connectivity index (χ1n) is 8.56. The van der Waals surface area contributed by atoms with Gasteiger partial charge in [0.25, 0.3) is 0 Å². The van der Waals surface area contributed by atoms with E-state index in [2.05, 4.69) is 21.8 Å². The smallest absolute Gasteiger partial charge is 0.100 e. The second-order valence-electron chi connectivity index (χ2n) is 6.54. The molecule has 3 atom stereocenters. The number of rotatable bonds is 5. The van der Waals surface area contributed by atoms with Crippen LogP contribution in [0.25, 0.3) is 0 Å². The van der Waals surface area contributed by atoms with Crippen LogP contribution in [0.2, 0.25) is 0 Å². The van der Waals surface area contributed by atoms with Gasteiger partial charge in [-0.15, -0.1) is 11.3 Å². The standard InChI is InChI=1S/C18H23N3O2S/c1-13-17(24-12-20-13)10-21-9-16(18-15(21)3-2-8-22-18)23-11-14-4-6-19-7-5-14/h4-7,12,15-16,18H,2-3,8-11H2,1H3/t15-,16+,18+/m0/s1. The summed E-state index contributed by atoms with van der Waals surface area (Å²) in [7, 11) is 0. The van der Waals surface area contributed by atoms with Crippen LogP contribution in [0.1, 0.15) is 29.0 Å². The summed E-state index contributed by atoms with van der Waals surface area (Å²) < 4.78 is 12.3. The predicted molar refractivity (Wildman–Crippen MR) is 92.8 cm³/mol. The van der Waals surface area contributed by atoms with Crippen LogP contribution in [0.15, 0.2) is 30.0 Å². The molecule has 2 aliphatic rings. The number of fused-ring (bicyclic) bond motifs is 1. The Kier molecular flexibility index (Phi) is 4.89. The molecule has 0 aromatic carbocycles. The average molecular weight is 345 g/mol. The third-order valence-corrected chi connectivity index (χ3v) is 5.91. The fraction of sp³-hybridized carbons (Fsp3) is 0.556. The van der Waals surface area contributed by atoms with Gasteiger partial charge in [-0.05, 0) is 37.5 Å². The molecule has 2 aromatic rings. The van der Waals surface area contributed by atoms with Gasteiger partial charge in [-0.3, -0.25) is 9.88 Å². The van der Waals surface area contributed by atoms with Crippen molar-refractivity contribution in [1.82, 2.24) is 14.9 Å². The molecular formula is C18H23N3O2S. The van der Waals surface area contributed by atoms with Gasteiger partial charge in [-0.1, -0.05) is 0 Å². The van der Waals surface area contributed by atoms with Crippen LogP contribution < -0.4 is 0 Å². The van der Waals surface area contributed by atoms with Crippen molar-refractivity contribution >= 4 is 11.3 Å². The van der Waals surface area contributed by atoms with E-state index >= 15 is 0 Å². The van der Waals surface area contributed by atoms with Crippen LogP contribution in [-0.2, 0) is 22.6 Å². The monoisotopic (exact) mass is 345 g/mol. The minimum absolute atomic E-state index is 0.136. The quantitative estimate of drug-likeness (QED) is 0.834. The van der Waals surface area contributed by atoms with Gasteiger partial charge in [-0.2, -0.15) is 0 Å². The second-order valence-corrected chi connectivity index (χ2v) is 7.48. The molecule has 0 bridgehead atoms. The molecule has 24 heavy (non-hydrogen) atoms. The number of hydrogen-bond acceptors (Lipinski definition) is 6. The summed E-state index contributed by atoms with van der Waals surface area (Å²) in [6, 6.07) is 4.47. The van der Waals surface area contributed by atoms with Gasteiger partial charge in [0.15, 0.2) is 0 Å². The van der Waals surface area contributed by atoms with Crippen LogP contribution in [0.3, 0.4) is 0 Å². The molecular weight excluding hydrogens is 322 g/mol. The fourth-order valence-electron chi connectivity index (χ4n) is 3.68. The summed E-state index contributed by atoms with van der Waals surface area (Å²) in [5.41, 5.74) is 4.25. The lowest BCUT2D eigenvalue weighted by Crippen LogP contribution is -2.41. The van der Waals surface area contributed by atoms with Crippen molar-refractivity contribution in [2.24, 2.45) is 0 Å². The molecule has 0 saturated carbocycles. The van der Waals surface area contributed by atoms with Gasteiger partial charge in [0.1, 0.15) is 6.10 Å². The van der Waals surface area contributed by atoms with Crippen LogP contribution in [0.5, 0.6) is 0 Å². The summed E-state index contributed by atoms with van der Waals surface area (Å²) in [5.74, 6) is 0. The van der Waals surface area contributed by atoms with Crippen molar-refractivity contribution in [3.63, 3.8) is 0 Å². The van der Waals surface area contributed by atoms with E-state index in [0.29, 0.717) is 12.6 Å². The van der Waals surface area contributed by atoms with Gasteiger partial charge >= 0.3 is 0 Å². The second kappa shape index (κ2) is 7.27. The molecule has 0 unspecified atom stereocenters. The largest absolute Gasteiger partial charge is 0.374 e. The molecule has 5 nitrogen and oxygen atoms in total. The molecule has 0 N–H and O–H groups in total. The van der Waals surface area contributed by atoms with E-state index in [0.717, 1.165) is 37.4 Å². The number of likely N-dealkylation sites (tertiary alicyclic amines) is 1. The highest BCUT2D eigenvalue weighted by Gasteiger charge is 2.44. The maximum Gasteiger partial charge on any atom is 0.100 e. The van der Waals surface area contributed by atoms with Crippen molar-refractivity contribution in [2.75, 3.05) is 13.2 Å². The maximum absolute atomic E-state index is 6.23. The zero-order chi connectivity index (χ0) is 16.4. The summed E-state index contributed by atoms with van der Waals surface area (Å²) in [4.78, 5) is 12.3. The first kappa shape index (κ1) is 16.1. The molecule has 0 aliphatic carbocycles. The summed E-state index contributed by atoms with van der Waals surface area (Å²) >= 11 is 1.75. The molecule has 6 heteroatoms. The fourth-order valence-corrected chi connectivity index (χ4v) is 4.48. The highest BCUT2D eigenvalue weighted by atomic mass is 32.1. The van der Waals surface area contributed by atoms with Gasteiger partial charge in [-0.25, -0.2) is 4.98 Å². The van der Waals surface area contributed by atoms with Gasteiger partial charge in [0, 0.05) is 43.0 Å². The maximum atomic E-state index is 6.23. The molecule has 0 amide bonds. The Hall–Kier alpha value is -1.34. The lowest BCUT2D eigenvalue weighted by atomic mass is 10.0. The van der Waals surface area contributed by atoms with Crippen LogP contribution in [0.4, 0.5) is 0 Å². The first-order chi connectivity index (χ1) is 11.8. The van der Waals surface area contributed by atoms with Crippen LogP contribution >= 0.6 is 11.3 Å². The SMILES string of the molecule is Cc1ncsc1CN1C[C@@H](OCc2ccncc2)[C@@H]2OCCC[C@@H]21. The number of pyridine rings is 1. The van der Waals surface area contributed by atoms with Crippen LogP contribution in [-0.4, -0.2) is 46.3 Å². The van der Waals surface area contributed by atoms with Crippen molar-refractivity contribution < 1.29 is 9.47 Å². The Labute approximate surface area is 146 Å². The lowest BCUT2D eigenvalue weighted by Gasteiger charge is -2.32. The van der Waals surface area contributed by atoms with Gasteiger partial charge < -0.3 is 9.47 Å². The van der Waals surface area contributed by atoms with E-state index < -0.39 is 0 Å². The van der Waals surface area contributed by atoms with E-state index in [9.17, 15) is 0 Å². The molecule has 4 heterocycles. The minimum Gasteiger partial charge on any atom is -0.374 e. The number of thiazole rings is 1. The van der Waals surface area contributed by atoms with E-state index in [-0.39, 0.29) is 12.2 Å².